The summed E-state index contributed by atoms with van der Waals surface area (Å²) in [5.74, 6) is 0.340. The predicted molar refractivity (Wildman–Crippen MR) is 205 cm³/mol. The number of fused-ring (bicyclic) bond motifs is 14. The highest BCUT2D eigenvalue weighted by Gasteiger charge is 2.30. The van der Waals surface area contributed by atoms with Gasteiger partial charge in [-0.1, -0.05) is 121 Å². The van der Waals surface area contributed by atoms with Gasteiger partial charge in [0.15, 0.2) is 0 Å². The van der Waals surface area contributed by atoms with Gasteiger partial charge >= 0.3 is 0 Å². The molecule has 8 aromatic carbocycles. The average molecular weight is 626 g/mol. The Morgan fingerprint density at radius 3 is 2.18 bits per heavy atom. The van der Waals surface area contributed by atoms with E-state index in [2.05, 4.69) is 162 Å². The Hall–Kier alpha value is -6.12. The van der Waals surface area contributed by atoms with Crippen molar-refractivity contribution in [3.05, 3.63) is 174 Å². The van der Waals surface area contributed by atoms with Crippen LogP contribution >= 0.6 is 0 Å². The molecule has 0 N–H and O–H groups in total. The van der Waals surface area contributed by atoms with E-state index in [0.717, 1.165) is 35.1 Å². The summed E-state index contributed by atoms with van der Waals surface area (Å²) in [4.78, 5) is 0. The predicted octanol–water partition coefficient (Wildman–Crippen LogP) is 12.5. The van der Waals surface area contributed by atoms with Crippen molar-refractivity contribution < 1.29 is 4.42 Å². The highest BCUT2D eigenvalue weighted by molar-refractivity contribution is 6.27. The van der Waals surface area contributed by atoms with Gasteiger partial charge in [0.1, 0.15) is 11.2 Å². The first-order valence-electron chi connectivity index (χ1n) is 17.3. The van der Waals surface area contributed by atoms with Crippen LogP contribution in [0.5, 0.6) is 0 Å². The molecule has 49 heavy (non-hydrogen) atoms. The Labute approximate surface area is 283 Å². The standard InChI is InChI=1S/C47H31NO/c1-2-14-33(15-3-1)48-41-24-22-37-32(28-31-26-29-12-4-6-16-34(29)38-19-9-8-17-35(31)38)27-30-13-5-7-18-36(30)44(37)45(41)40-23-25-43-46(47(40)48)39-20-10-11-21-42(39)49-43/h1-26,32H,27-28H2. The van der Waals surface area contributed by atoms with E-state index in [4.69, 9.17) is 4.42 Å². The van der Waals surface area contributed by atoms with Crippen LogP contribution in [0.4, 0.5) is 0 Å². The topological polar surface area (TPSA) is 18.1 Å². The van der Waals surface area contributed by atoms with E-state index in [0.29, 0.717) is 5.92 Å². The Kier molecular flexibility index (Phi) is 5.59. The fraction of sp³-hybridized carbons (Fsp3) is 0.0638. The second-order valence-electron chi connectivity index (χ2n) is 13.6. The average Bonchev–Trinajstić information content (AvgIpc) is 3.71. The molecule has 1 atom stereocenters. The van der Waals surface area contributed by atoms with Crippen LogP contribution in [0, 0.1) is 0 Å². The van der Waals surface area contributed by atoms with E-state index >= 15 is 0 Å². The lowest BCUT2D eigenvalue weighted by molar-refractivity contribution is 0.669. The Balaban J connectivity index is 1.23. The van der Waals surface area contributed by atoms with Gasteiger partial charge in [0.25, 0.3) is 0 Å². The van der Waals surface area contributed by atoms with Gasteiger partial charge in [-0.15, -0.1) is 0 Å². The maximum absolute atomic E-state index is 6.45. The molecule has 0 saturated carbocycles. The maximum Gasteiger partial charge on any atom is 0.137 e. The Morgan fingerprint density at radius 1 is 0.551 bits per heavy atom. The number of furan rings is 1. The fourth-order valence-electron chi connectivity index (χ4n) is 8.96. The SMILES string of the molecule is c1ccc(-n2c3ccc4c(c3c3ccc5oc6ccccc6c5c32)-c2ccccc2CC4Cc2cc3ccccc3c3ccccc23)cc1. The third kappa shape index (κ3) is 3.83. The van der Waals surface area contributed by atoms with Gasteiger partial charge in [0, 0.05) is 21.8 Å². The monoisotopic (exact) mass is 625 g/mol. The molecule has 230 valence electrons. The second kappa shape index (κ2) is 10.2. The summed E-state index contributed by atoms with van der Waals surface area (Å²) >= 11 is 0. The zero-order valence-corrected chi connectivity index (χ0v) is 26.9. The van der Waals surface area contributed by atoms with Gasteiger partial charge in [-0.3, -0.25) is 0 Å². The number of aromatic nitrogens is 1. The number of benzene rings is 8. The van der Waals surface area contributed by atoms with Crippen LogP contribution < -0.4 is 0 Å². The van der Waals surface area contributed by atoms with Gasteiger partial charge in [0.2, 0.25) is 0 Å². The number of para-hydroxylation sites is 2. The number of hydrogen-bond acceptors (Lipinski definition) is 1. The van der Waals surface area contributed by atoms with E-state index in [-0.39, 0.29) is 0 Å². The molecule has 2 heteroatoms. The molecule has 0 bridgehead atoms. The van der Waals surface area contributed by atoms with Crippen LogP contribution in [0.15, 0.2) is 162 Å². The first kappa shape index (κ1) is 26.9. The molecular formula is C47H31NO. The van der Waals surface area contributed by atoms with Crippen molar-refractivity contribution in [3.63, 3.8) is 0 Å². The summed E-state index contributed by atoms with van der Waals surface area (Å²) in [5.41, 5.74) is 12.4. The minimum atomic E-state index is 0.340. The molecule has 1 unspecified atom stereocenters. The molecule has 0 amide bonds. The molecule has 0 saturated heterocycles. The zero-order valence-electron chi connectivity index (χ0n) is 26.9. The van der Waals surface area contributed by atoms with Crippen molar-refractivity contribution in [3.8, 4) is 16.8 Å². The smallest absolute Gasteiger partial charge is 0.137 e. The highest BCUT2D eigenvalue weighted by Crippen LogP contribution is 2.50. The van der Waals surface area contributed by atoms with Crippen molar-refractivity contribution in [2.45, 2.75) is 18.8 Å². The van der Waals surface area contributed by atoms with Crippen molar-refractivity contribution in [2.24, 2.45) is 0 Å². The van der Waals surface area contributed by atoms with Gasteiger partial charge in [-0.25, -0.2) is 0 Å². The minimum absolute atomic E-state index is 0.340. The summed E-state index contributed by atoms with van der Waals surface area (Å²) in [6.07, 6.45) is 2.00. The summed E-state index contributed by atoms with van der Waals surface area (Å²) in [6.45, 7) is 0. The molecule has 11 rings (SSSR count). The third-order valence-corrected chi connectivity index (χ3v) is 11.0. The number of nitrogens with zero attached hydrogens (tertiary/aromatic N) is 1. The lowest BCUT2D eigenvalue weighted by atomic mass is 9.74. The fourth-order valence-corrected chi connectivity index (χ4v) is 8.96. The lowest BCUT2D eigenvalue weighted by Gasteiger charge is -2.29. The normalized spacial score (nSPS) is 14.3. The summed E-state index contributed by atoms with van der Waals surface area (Å²) < 4.78 is 8.92. The van der Waals surface area contributed by atoms with E-state index < -0.39 is 0 Å². The van der Waals surface area contributed by atoms with Crippen LogP contribution in [0.1, 0.15) is 22.6 Å². The largest absolute Gasteiger partial charge is 0.456 e. The third-order valence-electron chi connectivity index (χ3n) is 11.0. The molecule has 0 fully saturated rings. The quantitative estimate of drug-likeness (QED) is 0.179. The first-order valence-corrected chi connectivity index (χ1v) is 17.3. The van der Waals surface area contributed by atoms with E-state index in [1.807, 2.05) is 0 Å². The summed E-state index contributed by atoms with van der Waals surface area (Å²) in [7, 11) is 0. The van der Waals surface area contributed by atoms with Crippen LogP contribution in [-0.4, -0.2) is 4.57 Å². The molecule has 10 aromatic rings. The molecular weight excluding hydrogens is 595 g/mol. The number of hydrogen-bond donors (Lipinski definition) is 0. The van der Waals surface area contributed by atoms with Crippen LogP contribution in [0.25, 0.3) is 82.1 Å². The first-order chi connectivity index (χ1) is 24.3. The van der Waals surface area contributed by atoms with Crippen molar-refractivity contribution >= 4 is 65.3 Å². The molecule has 0 aliphatic heterocycles. The summed E-state index contributed by atoms with van der Waals surface area (Å²) in [6, 6.07) is 57.9. The molecule has 0 spiro atoms. The van der Waals surface area contributed by atoms with Crippen molar-refractivity contribution in [1.82, 2.24) is 4.57 Å². The van der Waals surface area contributed by atoms with E-state index in [1.165, 1.54) is 76.6 Å². The highest BCUT2D eigenvalue weighted by atomic mass is 16.3. The minimum Gasteiger partial charge on any atom is -0.456 e. The molecule has 1 aliphatic carbocycles. The summed E-state index contributed by atoms with van der Waals surface area (Å²) in [5, 5.41) is 10.2. The Bertz CT molecular complexity index is 2940. The second-order valence-corrected chi connectivity index (χ2v) is 13.6. The van der Waals surface area contributed by atoms with Gasteiger partial charge in [-0.05, 0) is 105 Å². The molecule has 2 heterocycles. The molecule has 0 radical (unpaired) electrons. The molecule has 2 aromatic heterocycles. The van der Waals surface area contributed by atoms with Gasteiger partial charge in [-0.2, -0.15) is 0 Å². The van der Waals surface area contributed by atoms with Crippen LogP contribution in [-0.2, 0) is 12.8 Å². The lowest BCUT2D eigenvalue weighted by Crippen LogP contribution is -2.14. The van der Waals surface area contributed by atoms with Gasteiger partial charge < -0.3 is 8.98 Å². The van der Waals surface area contributed by atoms with Crippen LogP contribution in [0.2, 0.25) is 0 Å². The van der Waals surface area contributed by atoms with Crippen molar-refractivity contribution in [1.29, 1.82) is 0 Å². The zero-order chi connectivity index (χ0) is 32.1. The Morgan fingerprint density at radius 2 is 1.29 bits per heavy atom. The van der Waals surface area contributed by atoms with Crippen molar-refractivity contribution in [2.75, 3.05) is 0 Å². The maximum atomic E-state index is 6.45. The molecule has 1 aliphatic rings. The van der Waals surface area contributed by atoms with E-state index in [9.17, 15) is 0 Å². The van der Waals surface area contributed by atoms with E-state index in [1.54, 1.807) is 0 Å². The number of rotatable bonds is 3. The van der Waals surface area contributed by atoms with Gasteiger partial charge in [0.05, 0.1) is 16.4 Å². The molecule has 2 nitrogen and oxygen atoms in total. The van der Waals surface area contributed by atoms with Crippen LogP contribution in [0.3, 0.4) is 0 Å².